The smallest absolute Gasteiger partial charge is 0.113 e. The molecule has 0 nitrogen and oxygen atoms in total. The summed E-state index contributed by atoms with van der Waals surface area (Å²) >= 11 is 26.2. The molecule has 0 saturated heterocycles. The summed E-state index contributed by atoms with van der Waals surface area (Å²) in [6, 6.07) is 0. The Bertz CT molecular complexity index is 729. The van der Waals surface area contributed by atoms with Gasteiger partial charge in [0.05, 0.1) is 16.8 Å². The van der Waals surface area contributed by atoms with Crippen molar-refractivity contribution in [3.05, 3.63) is 6.28 Å². The van der Waals surface area contributed by atoms with Gasteiger partial charge in [0.15, 0.2) is 0 Å². The molecule has 0 radical (unpaired) electrons. The van der Waals surface area contributed by atoms with Crippen molar-refractivity contribution >= 4 is 117 Å². The summed E-state index contributed by atoms with van der Waals surface area (Å²) in [6.07, 6.45) is 0. The summed E-state index contributed by atoms with van der Waals surface area (Å²) in [5.41, 5.74) is 0.546. The second kappa shape index (κ2) is 9.39. The quantitative estimate of drug-likeness (QED) is 0.308. The highest BCUT2D eigenvalue weighted by Gasteiger charge is 2.26. The summed E-state index contributed by atoms with van der Waals surface area (Å²) in [5, 5.41) is 0. The van der Waals surface area contributed by atoms with Crippen molar-refractivity contribution in [3.8, 4) is 0 Å². The Labute approximate surface area is 199 Å². The molecule has 0 bridgehead atoms. The third kappa shape index (κ3) is 6.47. The van der Waals surface area contributed by atoms with Crippen LogP contribution in [0.2, 0.25) is 0 Å². The minimum absolute atomic E-state index is 0.273. The number of hydrogen-bond donors (Lipinski definition) is 0. The molecule has 0 spiro atoms. The Morgan fingerprint density at radius 1 is 0.538 bits per heavy atom. The van der Waals surface area contributed by atoms with Gasteiger partial charge in [0.2, 0.25) is 0 Å². The lowest BCUT2D eigenvalue weighted by Crippen LogP contribution is -2.19. The van der Waals surface area contributed by atoms with Crippen molar-refractivity contribution in [2.45, 2.75) is 44.5 Å². The van der Waals surface area contributed by atoms with Gasteiger partial charge in [-0.25, -0.2) is 0 Å². The van der Waals surface area contributed by atoms with E-state index in [0.717, 1.165) is 29.3 Å². The fraction of sp³-hybridized carbons (Fsp3) is 0.625. The van der Waals surface area contributed by atoms with Crippen LogP contribution in [0.25, 0.3) is 0 Å². The van der Waals surface area contributed by atoms with Crippen LogP contribution in [0, 0.1) is 17.1 Å². The third-order valence-corrected chi connectivity index (χ3v) is 16.7. The average Bonchev–Trinajstić information content (AvgIpc) is 3.09. The summed E-state index contributed by atoms with van der Waals surface area (Å²) in [5.74, 6) is 4.49. The van der Waals surface area contributed by atoms with Crippen LogP contribution in [0.4, 0.5) is 0 Å². The molecule has 1 aliphatic heterocycles. The maximum absolute atomic E-state index is 5.49. The van der Waals surface area contributed by atoms with E-state index in [1.165, 1.54) is 16.8 Å². The number of hydrogen-bond acceptors (Lipinski definition) is 10. The maximum atomic E-state index is 5.49. The number of thioether (sulfide) groups is 4. The lowest BCUT2D eigenvalue weighted by atomic mass is 10.0. The molecule has 0 amide bonds. The van der Waals surface area contributed by atoms with Gasteiger partial charge in [-0.2, -0.15) is 0 Å². The van der Waals surface area contributed by atoms with Crippen LogP contribution in [-0.2, 0) is 0 Å². The van der Waals surface area contributed by atoms with Crippen LogP contribution in [0.3, 0.4) is 0 Å². The maximum Gasteiger partial charge on any atom is 0.145 e. The van der Waals surface area contributed by atoms with Crippen LogP contribution in [0.15, 0.2) is 16.8 Å². The lowest BCUT2D eigenvalue weighted by molar-refractivity contribution is 0.491. The van der Waals surface area contributed by atoms with Gasteiger partial charge < -0.3 is 0 Å². The van der Waals surface area contributed by atoms with Gasteiger partial charge in [-0.3, -0.25) is 0 Å². The Morgan fingerprint density at radius 3 is 1.00 bits per heavy atom. The molecule has 0 aromatic carbocycles. The van der Waals surface area contributed by atoms with Crippen molar-refractivity contribution in [3.63, 3.8) is 0 Å². The monoisotopic (exact) mass is 532 g/mol. The van der Waals surface area contributed by atoms with E-state index in [2.05, 4.69) is 27.7 Å². The molecule has 2 aromatic rings. The standard InChI is InChI=1S/C16H20S10/c1-15(2)5-19-9-11(25-13(17)23-9)21-7-16(3,4)8-22-12-10(20-6-15)24-14(18)26-12/h5-8H2,1-4H3. The van der Waals surface area contributed by atoms with E-state index in [1.54, 1.807) is 45.3 Å². The molecule has 0 atom stereocenters. The van der Waals surface area contributed by atoms with E-state index in [0.29, 0.717) is 0 Å². The van der Waals surface area contributed by atoms with E-state index in [-0.39, 0.29) is 10.8 Å². The zero-order valence-electron chi connectivity index (χ0n) is 14.9. The zero-order valence-corrected chi connectivity index (χ0v) is 23.1. The Kier molecular flexibility index (Phi) is 8.17. The van der Waals surface area contributed by atoms with Gasteiger partial charge in [0.1, 0.15) is 6.28 Å². The van der Waals surface area contributed by atoms with Crippen molar-refractivity contribution in [2.24, 2.45) is 10.8 Å². The molecule has 2 aromatic heterocycles. The predicted molar refractivity (Wildman–Crippen MR) is 137 cm³/mol. The largest absolute Gasteiger partial charge is 0.145 e. The predicted octanol–water partition coefficient (Wildman–Crippen LogP) is 9.53. The SMILES string of the molecule is CC1(C)CSc2sc(=S)sc2SCC(C)(C)CSc2sc(=S)sc2SC1. The van der Waals surface area contributed by atoms with E-state index in [9.17, 15) is 0 Å². The first-order valence-corrected chi connectivity index (χ1v) is 16.0. The van der Waals surface area contributed by atoms with Gasteiger partial charge in [-0.15, -0.1) is 92.4 Å². The Hall–Kier alpha value is 1.94. The molecule has 3 heterocycles. The fourth-order valence-corrected chi connectivity index (χ4v) is 14.8. The van der Waals surface area contributed by atoms with Gasteiger partial charge in [0, 0.05) is 23.0 Å². The molecule has 144 valence electrons. The molecular formula is C16H20S10. The van der Waals surface area contributed by atoms with Gasteiger partial charge >= 0.3 is 0 Å². The Morgan fingerprint density at radius 2 is 0.769 bits per heavy atom. The van der Waals surface area contributed by atoms with Crippen molar-refractivity contribution < 1.29 is 0 Å². The van der Waals surface area contributed by atoms with Crippen LogP contribution in [-0.4, -0.2) is 23.0 Å². The highest BCUT2D eigenvalue weighted by molar-refractivity contribution is 8.06. The fourth-order valence-electron chi connectivity index (χ4n) is 1.99. The van der Waals surface area contributed by atoms with Crippen LogP contribution < -0.4 is 0 Å². The second-order valence-corrected chi connectivity index (χ2v) is 19.0. The Balaban J connectivity index is 1.88. The molecule has 0 unspecified atom stereocenters. The highest BCUT2D eigenvalue weighted by atomic mass is 32.2. The summed E-state index contributed by atoms with van der Waals surface area (Å²) < 4.78 is 7.82. The normalized spacial score (nSPS) is 20.8. The van der Waals surface area contributed by atoms with E-state index < -0.39 is 0 Å². The topological polar surface area (TPSA) is 0 Å². The molecule has 26 heavy (non-hydrogen) atoms. The zero-order chi connectivity index (χ0) is 18.9. The van der Waals surface area contributed by atoms with Crippen LogP contribution >= 0.6 is 117 Å². The van der Waals surface area contributed by atoms with E-state index in [4.69, 9.17) is 24.4 Å². The molecule has 1 aliphatic rings. The van der Waals surface area contributed by atoms with Crippen molar-refractivity contribution in [1.29, 1.82) is 0 Å². The highest BCUT2D eigenvalue weighted by Crippen LogP contribution is 2.48. The van der Waals surface area contributed by atoms with Crippen molar-refractivity contribution in [1.82, 2.24) is 0 Å². The van der Waals surface area contributed by atoms with E-state index >= 15 is 0 Å². The van der Waals surface area contributed by atoms with Crippen LogP contribution in [0.5, 0.6) is 0 Å². The first kappa shape index (κ1) is 22.6. The molecular weight excluding hydrogens is 513 g/mol. The summed E-state index contributed by atoms with van der Waals surface area (Å²) in [4.78, 5) is 0. The first-order chi connectivity index (χ1) is 12.1. The summed E-state index contributed by atoms with van der Waals surface area (Å²) in [6.45, 7) is 9.50. The van der Waals surface area contributed by atoms with Gasteiger partial charge in [0.25, 0.3) is 0 Å². The molecule has 0 fully saturated rings. The minimum Gasteiger partial charge on any atom is -0.113 e. The van der Waals surface area contributed by atoms with Crippen molar-refractivity contribution in [2.75, 3.05) is 23.0 Å². The number of fused-ring (bicyclic) bond motifs is 2. The first-order valence-electron chi connectivity index (χ1n) is 7.93. The molecule has 0 saturated carbocycles. The molecule has 10 heteroatoms. The second-order valence-electron chi connectivity index (χ2n) is 7.54. The van der Waals surface area contributed by atoms with Crippen LogP contribution in [0.1, 0.15) is 27.7 Å². The summed E-state index contributed by atoms with van der Waals surface area (Å²) in [7, 11) is 0. The average molecular weight is 533 g/mol. The third-order valence-electron chi connectivity index (χ3n) is 3.41. The number of rotatable bonds is 0. The molecule has 0 aliphatic carbocycles. The minimum atomic E-state index is 0.273. The van der Waals surface area contributed by atoms with Gasteiger partial charge in [-0.1, -0.05) is 52.1 Å². The van der Waals surface area contributed by atoms with E-state index in [1.807, 2.05) is 47.0 Å². The van der Waals surface area contributed by atoms with Gasteiger partial charge in [-0.05, 0) is 10.8 Å². The lowest BCUT2D eigenvalue weighted by Gasteiger charge is -2.25. The molecule has 0 N–H and O–H groups in total. The molecule has 3 rings (SSSR count).